The number of nitrogens with one attached hydrogen (secondary N) is 2. The van der Waals surface area contributed by atoms with E-state index in [4.69, 9.17) is 0 Å². The summed E-state index contributed by atoms with van der Waals surface area (Å²) in [4.78, 5) is 11.1. The third kappa shape index (κ3) is 3.29. The van der Waals surface area contributed by atoms with E-state index in [1.54, 1.807) is 7.05 Å². The van der Waals surface area contributed by atoms with Crippen LogP contribution in [0.1, 0.15) is 39.5 Å². The Morgan fingerprint density at radius 1 is 1.43 bits per heavy atom. The molecule has 2 unspecified atom stereocenters. The highest BCUT2D eigenvalue weighted by atomic mass is 16.1. The molecule has 0 aliphatic heterocycles. The Hall–Kier alpha value is -0.570. The highest BCUT2D eigenvalue weighted by molar-refractivity contribution is 5.76. The number of carbonyl (C=O) groups is 1. The van der Waals surface area contributed by atoms with Crippen molar-refractivity contribution in [2.75, 3.05) is 7.05 Å². The van der Waals surface area contributed by atoms with Gasteiger partial charge in [-0.1, -0.05) is 6.42 Å². The second-order valence-electron chi connectivity index (χ2n) is 4.42. The van der Waals surface area contributed by atoms with Crippen molar-refractivity contribution in [1.82, 2.24) is 10.6 Å². The van der Waals surface area contributed by atoms with Gasteiger partial charge in [-0.3, -0.25) is 4.79 Å². The summed E-state index contributed by atoms with van der Waals surface area (Å²) in [6.45, 7) is 4.30. The minimum Gasteiger partial charge on any atom is -0.359 e. The number of hydrogen-bond donors (Lipinski definition) is 2. The van der Waals surface area contributed by atoms with Crippen molar-refractivity contribution in [2.24, 2.45) is 5.92 Å². The van der Waals surface area contributed by atoms with Gasteiger partial charge in [0.25, 0.3) is 0 Å². The molecule has 1 rings (SSSR count). The zero-order chi connectivity index (χ0) is 10.6. The fourth-order valence-corrected chi connectivity index (χ4v) is 1.96. The van der Waals surface area contributed by atoms with Crippen molar-refractivity contribution in [3.05, 3.63) is 0 Å². The van der Waals surface area contributed by atoms with E-state index in [-0.39, 0.29) is 11.9 Å². The zero-order valence-corrected chi connectivity index (χ0v) is 9.47. The van der Waals surface area contributed by atoms with Gasteiger partial charge in [0.05, 0.1) is 0 Å². The van der Waals surface area contributed by atoms with Crippen LogP contribution in [0.2, 0.25) is 0 Å². The Balaban J connectivity index is 2.18. The lowest BCUT2D eigenvalue weighted by Crippen LogP contribution is -2.43. The molecule has 1 aliphatic rings. The van der Waals surface area contributed by atoms with Gasteiger partial charge in [0.15, 0.2) is 0 Å². The van der Waals surface area contributed by atoms with Crippen molar-refractivity contribution >= 4 is 5.91 Å². The predicted molar refractivity (Wildman–Crippen MR) is 58.1 cm³/mol. The van der Waals surface area contributed by atoms with E-state index < -0.39 is 0 Å². The van der Waals surface area contributed by atoms with Crippen LogP contribution in [0.3, 0.4) is 0 Å². The molecule has 1 fully saturated rings. The molecular weight excluding hydrogens is 176 g/mol. The van der Waals surface area contributed by atoms with Crippen LogP contribution in [-0.2, 0) is 4.79 Å². The van der Waals surface area contributed by atoms with Gasteiger partial charge in [0.1, 0.15) is 0 Å². The first kappa shape index (κ1) is 11.5. The molecule has 0 radical (unpaired) electrons. The fourth-order valence-electron chi connectivity index (χ4n) is 1.96. The molecule has 0 saturated heterocycles. The van der Waals surface area contributed by atoms with Crippen LogP contribution in [0.5, 0.6) is 0 Å². The quantitative estimate of drug-likeness (QED) is 0.699. The molecule has 2 atom stereocenters. The molecule has 0 aromatic rings. The Morgan fingerprint density at radius 3 is 2.50 bits per heavy atom. The van der Waals surface area contributed by atoms with Crippen molar-refractivity contribution in [3.8, 4) is 0 Å². The highest BCUT2D eigenvalue weighted by Gasteiger charge is 2.24. The number of carbonyl (C=O) groups excluding carboxylic acids is 1. The Labute approximate surface area is 86.6 Å². The molecule has 0 spiro atoms. The first-order valence-corrected chi connectivity index (χ1v) is 5.60. The first-order valence-electron chi connectivity index (χ1n) is 5.60. The van der Waals surface area contributed by atoms with Gasteiger partial charge in [-0.05, 0) is 32.6 Å². The highest BCUT2D eigenvalue weighted by Crippen LogP contribution is 2.29. The van der Waals surface area contributed by atoms with Gasteiger partial charge < -0.3 is 10.6 Å². The van der Waals surface area contributed by atoms with Crippen LogP contribution < -0.4 is 10.6 Å². The molecule has 3 heteroatoms. The minimum atomic E-state index is 0.116. The lowest BCUT2D eigenvalue weighted by molar-refractivity contribution is -0.121. The molecule has 0 aromatic heterocycles. The molecule has 0 bridgehead atoms. The average Bonchev–Trinajstić information content (AvgIpc) is 1.99. The van der Waals surface area contributed by atoms with E-state index in [9.17, 15) is 4.79 Å². The molecule has 1 saturated carbocycles. The molecule has 82 valence electrons. The molecule has 0 aromatic carbocycles. The second-order valence-corrected chi connectivity index (χ2v) is 4.42. The summed E-state index contributed by atoms with van der Waals surface area (Å²) in [6.07, 6.45) is 4.65. The van der Waals surface area contributed by atoms with E-state index in [0.29, 0.717) is 12.5 Å². The third-order valence-corrected chi connectivity index (χ3v) is 3.17. The van der Waals surface area contributed by atoms with Crippen molar-refractivity contribution in [1.29, 1.82) is 0 Å². The maximum Gasteiger partial charge on any atom is 0.221 e. The van der Waals surface area contributed by atoms with Crippen molar-refractivity contribution in [2.45, 2.75) is 51.6 Å². The van der Waals surface area contributed by atoms with Crippen LogP contribution in [0, 0.1) is 5.92 Å². The summed E-state index contributed by atoms with van der Waals surface area (Å²) in [5, 5.41) is 6.13. The summed E-state index contributed by atoms with van der Waals surface area (Å²) in [7, 11) is 1.68. The Bertz CT molecular complexity index is 190. The number of amides is 1. The van der Waals surface area contributed by atoms with Crippen LogP contribution >= 0.6 is 0 Å². The number of rotatable bonds is 5. The molecule has 2 N–H and O–H groups in total. The van der Waals surface area contributed by atoms with E-state index in [0.717, 1.165) is 5.92 Å². The molecule has 14 heavy (non-hydrogen) atoms. The largest absolute Gasteiger partial charge is 0.359 e. The fraction of sp³-hybridized carbons (Fsp3) is 0.909. The summed E-state index contributed by atoms with van der Waals surface area (Å²) in [5.74, 6) is 0.952. The standard InChI is InChI=1S/C11H22N2O/c1-8(7-11(14)12-3)13-9(2)10-5-4-6-10/h8-10,13H,4-7H2,1-3H3,(H,12,14). The lowest BCUT2D eigenvalue weighted by Gasteiger charge is -2.33. The molecule has 1 aliphatic carbocycles. The first-order chi connectivity index (χ1) is 6.63. The van der Waals surface area contributed by atoms with E-state index in [1.165, 1.54) is 19.3 Å². The summed E-state index contributed by atoms with van der Waals surface area (Å²) >= 11 is 0. The predicted octanol–water partition coefficient (Wildman–Crippen LogP) is 1.29. The normalized spacial score (nSPS) is 21.1. The lowest BCUT2D eigenvalue weighted by atomic mass is 9.80. The van der Waals surface area contributed by atoms with Crippen molar-refractivity contribution in [3.63, 3.8) is 0 Å². The second kappa shape index (κ2) is 5.35. The van der Waals surface area contributed by atoms with Gasteiger partial charge in [-0.25, -0.2) is 0 Å². The van der Waals surface area contributed by atoms with Gasteiger partial charge in [-0.2, -0.15) is 0 Å². The van der Waals surface area contributed by atoms with E-state index in [1.807, 2.05) is 0 Å². The minimum absolute atomic E-state index is 0.116. The van der Waals surface area contributed by atoms with Gasteiger partial charge in [0.2, 0.25) is 5.91 Å². The van der Waals surface area contributed by atoms with Gasteiger partial charge >= 0.3 is 0 Å². The van der Waals surface area contributed by atoms with E-state index >= 15 is 0 Å². The van der Waals surface area contributed by atoms with Crippen LogP contribution in [0.25, 0.3) is 0 Å². The average molecular weight is 198 g/mol. The maximum absolute atomic E-state index is 11.1. The Kier molecular flexibility index (Phi) is 4.39. The molecule has 1 amide bonds. The smallest absolute Gasteiger partial charge is 0.221 e. The van der Waals surface area contributed by atoms with Crippen LogP contribution in [0.4, 0.5) is 0 Å². The third-order valence-electron chi connectivity index (χ3n) is 3.17. The van der Waals surface area contributed by atoms with Crippen molar-refractivity contribution < 1.29 is 4.79 Å². The zero-order valence-electron chi connectivity index (χ0n) is 9.47. The Morgan fingerprint density at radius 2 is 2.07 bits per heavy atom. The van der Waals surface area contributed by atoms with E-state index in [2.05, 4.69) is 24.5 Å². The van der Waals surface area contributed by atoms with Gasteiger partial charge in [0, 0.05) is 25.6 Å². The monoisotopic (exact) mass is 198 g/mol. The molecular formula is C11H22N2O. The van der Waals surface area contributed by atoms with Gasteiger partial charge in [-0.15, -0.1) is 0 Å². The maximum atomic E-state index is 11.1. The number of hydrogen-bond acceptors (Lipinski definition) is 2. The summed E-state index contributed by atoms with van der Waals surface area (Å²) < 4.78 is 0. The topological polar surface area (TPSA) is 41.1 Å². The molecule has 3 nitrogen and oxygen atoms in total. The van der Waals surface area contributed by atoms with Crippen LogP contribution in [0.15, 0.2) is 0 Å². The SMILES string of the molecule is CNC(=O)CC(C)NC(C)C1CCC1. The van der Waals surface area contributed by atoms with Crippen LogP contribution in [-0.4, -0.2) is 25.0 Å². The summed E-state index contributed by atoms with van der Waals surface area (Å²) in [5.41, 5.74) is 0. The summed E-state index contributed by atoms with van der Waals surface area (Å²) in [6, 6.07) is 0.842. The molecule has 0 heterocycles.